The fourth-order valence-electron chi connectivity index (χ4n) is 2.68. The summed E-state index contributed by atoms with van der Waals surface area (Å²) in [5.41, 5.74) is 2.09. The molecule has 0 unspecified atom stereocenters. The Kier molecular flexibility index (Phi) is 5.01. The van der Waals surface area contributed by atoms with Gasteiger partial charge in [-0.3, -0.25) is 0 Å². The maximum Gasteiger partial charge on any atom is 0.573 e. The Morgan fingerprint density at radius 2 is 1.90 bits per heavy atom. The molecule has 0 atom stereocenters. The Morgan fingerprint density at radius 3 is 2.59 bits per heavy atom. The summed E-state index contributed by atoms with van der Waals surface area (Å²) in [6, 6.07) is 13.4. The first-order valence-corrected chi connectivity index (χ1v) is 9.30. The van der Waals surface area contributed by atoms with Crippen molar-refractivity contribution in [3.63, 3.8) is 0 Å². The molecule has 0 amide bonds. The smallest absolute Gasteiger partial charge is 0.497 e. The van der Waals surface area contributed by atoms with Gasteiger partial charge < -0.3 is 14.8 Å². The van der Waals surface area contributed by atoms with Crippen molar-refractivity contribution < 1.29 is 22.6 Å². The van der Waals surface area contributed by atoms with Gasteiger partial charge in [0.2, 0.25) is 10.1 Å². The molecule has 2 heterocycles. The first kappa shape index (κ1) is 19.1. The number of halogens is 3. The van der Waals surface area contributed by atoms with Crippen LogP contribution in [0.4, 0.5) is 18.3 Å². The van der Waals surface area contributed by atoms with E-state index in [4.69, 9.17) is 4.74 Å². The van der Waals surface area contributed by atoms with E-state index in [9.17, 15) is 13.2 Å². The zero-order valence-corrected chi connectivity index (χ0v) is 15.9. The second-order valence-corrected chi connectivity index (χ2v) is 6.99. The molecule has 0 aliphatic rings. The lowest BCUT2D eigenvalue weighted by Crippen LogP contribution is -2.17. The fraction of sp³-hybridized carbons (Fsp3) is 0.158. The third kappa shape index (κ3) is 4.60. The summed E-state index contributed by atoms with van der Waals surface area (Å²) in [5, 5.41) is 8.33. The van der Waals surface area contributed by atoms with E-state index >= 15 is 0 Å². The van der Waals surface area contributed by atoms with Gasteiger partial charge in [0.25, 0.3) is 0 Å². The number of anilines is 1. The number of alkyl halides is 3. The zero-order chi connectivity index (χ0) is 20.4. The predicted molar refractivity (Wildman–Crippen MR) is 103 cm³/mol. The van der Waals surface area contributed by atoms with Gasteiger partial charge in [-0.15, -0.1) is 18.3 Å². The van der Waals surface area contributed by atoms with Gasteiger partial charge in [-0.2, -0.15) is 0 Å². The van der Waals surface area contributed by atoms with Crippen molar-refractivity contribution in [2.75, 3.05) is 12.4 Å². The molecule has 2 aromatic heterocycles. The Labute approximate surface area is 167 Å². The number of hydrogen-bond acceptors (Lipinski definition) is 6. The van der Waals surface area contributed by atoms with E-state index in [1.54, 1.807) is 23.9 Å². The summed E-state index contributed by atoms with van der Waals surface area (Å²) in [7, 11) is 1.62. The molecule has 0 spiro atoms. The summed E-state index contributed by atoms with van der Waals surface area (Å²) in [4.78, 5) is 5.07. The normalized spacial score (nSPS) is 11.6. The van der Waals surface area contributed by atoms with E-state index < -0.39 is 6.36 Å². The number of methoxy groups -OCH3 is 1. The van der Waals surface area contributed by atoms with Crippen LogP contribution in [0, 0.1) is 0 Å². The molecule has 0 saturated heterocycles. The molecule has 0 aliphatic heterocycles. The number of ether oxygens (including phenoxy) is 2. The van der Waals surface area contributed by atoms with Crippen molar-refractivity contribution in [2.45, 2.75) is 12.9 Å². The minimum absolute atomic E-state index is 0.291. The van der Waals surface area contributed by atoms with Crippen LogP contribution in [-0.2, 0) is 6.54 Å². The van der Waals surface area contributed by atoms with Crippen molar-refractivity contribution in [1.29, 1.82) is 0 Å². The highest BCUT2D eigenvalue weighted by Crippen LogP contribution is 2.29. The number of fused-ring (bicyclic) bond motifs is 1. The SMILES string of the molecule is COc1ccc(CNc2nn3cc(-c4cccc(OC(F)(F)F)c4)nc3s2)cc1. The molecule has 150 valence electrons. The van der Waals surface area contributed by atoms with E-state index in [-0.39, 0.29) is 5.75 Å². The van der Waals surface area contributed by atoms with Crippen LogP contribution in [0.25, 0.3) is 16.2 Å². The molecule has 29 heavy (non-hydrogen) atoms. The van der Waals surface area contributed by atoms with Gasteiger partial charge in [-0.1, -0.05) is 35.6 Å². The highest BCUT2D eigenvalue weighted by Gasteiger charge is 2.31. The summed E-state index contributed by atoms with van der Waals surface area (Å²) < 4.78 is 47.9. The van der Waals surface area contributed by atoms with Crippen LogP contribution < -0.4 is 14.8 Å². The van der Waals surface area contributed by atoms with E-state index in [1.807, 2.05) is 24.3 Å². The van der Waals surface area contributed by atoms with Crippen LogP contribution in [0.15, 0.2) is 54.7 Å². The summed E-state index contributed by atoms with van der Waals surface area (Å²) in [6.45, 7) is 0.588. The van der Waals surface area contributed by atoms with Gasteiger partial charge >= 0.3 is 6.36 Å². The summed E-state index contributed by atoms with van der Waals surface area (Å²) in [6.07, 6.45) is -3.07. The summed E-state index contributed by atoms with van der Waals surface area (Å²) in [5.74, 6) is 0.500. The first-order valence-electron chi connectivity index (χ1n) is 8.49. The number of rotatable bonds is 6. The minimum Gasteiger partial charge on any atom is -0.497 e. The highest BCUT2D eigenvalue weighted by molar-refractivity contribution is 7.20. The predicted octanol–water partition coefficient (Wildman–Crippen LogP) is 4.98. The maximum atomic E-state index is 12.4. The minimum atomic E-state index is -4.74. The molecule has 1 N–H and O–H groups in total. The van der Waals surface area contributed by atoms with Crippen molar-refractivity contribution in [3.8, 4) is 22.8 Å². The lowest BCUT2D eigenvalue weighted by molar-refractivity contribution is -0.274. The molecule has 4 rings (SSSR count). The van der Waals surface area contributed by atoms with Crippen LogP contribution >= 0.6 is 11.3 Å². The number of imidazole rings is 1. The van der Waals surface area contributed by atoms with Crippen LogP contribution in [0.5, 0.6) is 11.5 Å². The molecule has 0 saturated carbocycles. The molecule has 0 radical (unpaired) electrons. The Morgan fingerprint density at radius 1 is 1.10 bits per heavy atom. The third-order valence-corrected chi connectivity index (χ3v) is 4.89. The fourth-order valence-corrected chi connectivity index (χ4v) is 3.46. The zero-order valence-electron chi connectivity index (χ0n) is 15.1. The monoisotopic (exact) mass is 420 g/mol. The third-order valence-electron chi connectivity index (χ3n) is 4.01. The quantitative estimate of drug-likeness (QED) is 0.477. The van der Waals surface area contributed by atoms with Crippen LogP contribution in [0.2, 0.25) is 0 Å². The topological polar surface area (TPSA) is 60.7 Å². The second kappa shape index (κ2) is 7.63. The van der Waals surface area contributed by atoms with Crippen molar-refractivity contribution in [1.82, 2.24) is 14.6 Å². The van der Waals surface area contributed by atoms with Gasteiger partial charge in [-0.05, 0) is 29.8 Å². The number of nitrogens with zero attached hydrogens (tertiary/aromatic N) is 3. The number of hydrogen-bond donors (Lipinski definition) is 1. The second-order valence-electron chi connectivity index (χ2n) is 6.04. The van der Waals surface area contributed by atoms with Gasteiger partial charge in [-0.25, -0.2) is 9.50 Å². The highest BCUT2D eigenvalue weighted by atomic mass is 32.1. The van der Waals surface area contributed by atoms with Crippen molar-refractivity contribution in [2.24, 2.45) is 0 Å². The first-order chi connectivity index (χ1) is 13.9. The van der Waals surface area contributed by atoms with Gasteiger partial charge in [0, 0.05) is 12.1 Å². The number of aromatic nitrogens is 3. The standard InChI is InChI=1S/C19H15F3N4O2S/c1-27-14-7-5-12(6-8-14)10-23-17-25-26-11-16(24-18(26)29-17)13-3-2-4-15(9-13)28-19(20,21)22/h2-9,11H,10H2,1H3,(H,23,25). The maximum absolute atomic E-state index is 12.4. The Balaban J connectivity index is 1.47. The lowest BCUT2D eigenvalue weighted by Gasteiger charge is -2.09. The van der Waals surface area contributed by atoms with Crippen molar-refractivity contribution >= 4 is 21.4 Å². The van der Waals surface area contributed by atoms with E-state index in [1.165, 1.54) is 29.5 Å². The van der Waals surface area contributed by atoms with Crippen LogP contribution in [-0.4, -0.2) is 28.1 Å². The molecule has 0 fully saturated rings. The van der Waals surface area contributed by atoms with Crippen molar-refractivity contribution in [3.05, 3.63) is 60.3 Å². The molecule has 0 bridgehead atoms. The molecular formula is C19H15F3N4O2S. The average Bonchev–Trinajstić information content (AvgIpc) is 3.24. The van der Waals surface area contributed by atoms with Gasteiger partial charge in [0.1, 0.15) is 11.5 Å². The molecular weight excluding hydrogens is 405 g/mol. The molecule has 2 aromatic carbocycles. The van der Waals surface area contributed by atoms with E-state index in [0.717, 1.165) is 11.3 Å². The van der Waals surface area contributed by atoms with Crippen LogP contribution in [0.1, 0.15) is 5.56 Å². The Bertz CT molecular complexity index is 1090. The lowest BCUT2D eigenvalue weighted by atomic mass is 10.1. The van der Waals surface area contributed by atoms with Gasteiger partial charge in [0.05, 0.1) is 19.0 Å². The van der Waals surface area contributed by atoms with E-state index in [2.05, 4.69) is 20.1 Å². The molecule has 6 nitrogen and oxygen atoms in total. The Hall–Kier alpha value is -3.27. The molecule has 10 heteroatoms. The number of benzene rings is 2. The van der Waals surface area contributed by atoms with Gasteiger partial charge in [0.15, 0.2) is 0 Å². The van der Waals surface area contributed by atoms with Crippen LogP contribution in [0.3, 0.4) is 0 Å². The molecule has 4 aromatic rings. The largest absolute Gasteiger partial charge is 0.573 e. The summed E-state index contributed by atoms with van der Waals surface area (Å²) >= 11 is 1.35. The average molecular weight is 420 g/mol. The number of nitrogens with one attached hydrogen (secondary N) is 1. The molecule has 0 aliphatic carbocycles. The van der Waals surface area contributed by atoms with E-state index in [0.29, 0.717) is 27.9 Å².